The highest BCUT2D eigenvalue weighted by molar-refractivity contribution is 7.86. The van der Waals surface area contributed by atoms with E-state index in [9.17, 15) is 18.1 Å². The number of nitrogens with one attached hydrogen (secondary N) is 1. The average Bonchev–Trinajstić information content (AvgIpc) is 3.25. The number of benzene rings is 7. The zero-order chi connectivity index (χ0) is 44.0. The van der Waals surface area contributed by atoms with Gasteiger partial charge in [-0.25, -0.2) is 5.48 Å². The number of nitrogens with zero attached hydrogens (tertiary/aromatic N) is 8. The number of hydrogen-bond donors (Lipinski definition) is 4. The summed E-state index contributed by atoms with van der Waals surface area (Å²) < 4.78 is 38.5. The third kappa shape index (κ3) is 9.93. The maximum atomic E-state index is 11.7. The van der Waals surface area contributed by atoms with Crippen molar-refractivity contribution in [3.8, 4) is 17.2 Å². The molecule has 0 aromatic heterocycles. The number of azo groups is 4. The summed E-state index contributed by atoms with van der Waals surface area (Å²) in [5.41, 5.74) is 16.8. The number of anilines is 2. The van der Waals surface area contributed by atoms with Gasteiger partial charge in [-0.15, -0.1) is 15.3 Å². The SMILES string of the molecule is COc1cc(N=Nc2cc(C)c(N=Nc3ccc(N=Nc4ccccc4S(=O)(=O)O)c(C)c3)cc2C)c(C)cc1N=Nc1ccc2cc(NOc3ccc(N)cc3)ccc2c1O. The van der Waals surface area contributed by atoms with Crippen molar-refractivity contribution >= 4 is 77.8 Å². The van der Waals surface area contributed by atoms with Crippen LogP contribution in [0.25, 0.3) is 10.8 Å². The van der Waals surface area contributed by atoms with E-state index in [-0.39, 0.29) is 22.0 Å². The Balaban J connectivity index is 1.02. The highest BCUT2D eigenvalue weighted by Crippen LogP contribution is 2.41. The topological polar surface area (TPSA) is 230 Å². The quantitative estimate of drug-likeness (QED) is 0.0376. The van der Waals surface area contributed by atoms with Crippen molar-refractivity contribution < 1.29 is 27.7 Å². The molecule has 0 aliphatic carbocycles. The van der Waals surface area contributed by atoms with Gasteiger partial charge in [0.2, 0.25) is 0 Å². The van der Waals surface area contributed by atoms with Crippen LogP contribution in [0.5, 0.6) is 17.2 Å². The molecule has 0 bridgehead atoms. The van der Waals surface area contributed by atoms with E-state index in [2.05, 4.69) is 46.4 Å². The van der Waals surface area contributed by atoms with Gasteiger partial charge in [-0.05, 0) is 152 Å². The third-order valence-corrected chi connectivity index (χ3v) is 10.4. The van der Waals surface area contributed by atoms with Gasteiger partial charge in [0.05, 0.1) is 41.2 Å². The van der Waals surface area contributed by atoms with Gasteiger partial charge in [-0.3, -0.25) is 4.55 Å². The molecule has 0 atom stereocenters. The molecule has 0 unspecified atom stereocenters. The molecule has 7 aromatic rings. The van der Waals surface area contributed by atoms with Crippen molar-refractivity contribution in [3.05, 3.63) is 144 Å². The second-order valence-electron chi connectivity index (χ2n) is 14.1. The minimum atomic E-state index is -4.46. The zero-order valence-electron chi connectivity index (χ0n) is 34.1. The Morgan fingerprint density at radius 3 is 1.81 bits per heavy atom. The number of nitrogens with two attached hydrogens (primary N) is 1. The molecule has 0 radical (unpaired) electrons. The first kappa shape index (κ1) is 42.2. The van der Waals surface area contributed by atoms with Crippen molar-refractivity contribution in [2.45, 2.75) is 32.6 Å². The standard InChI is InChI=1S/C45H40N10O6S/c1-26-20-32(14-19-36(26)48-49-37-8-6-7-9-44(37)62(57,58)59)47-51-39-21-28(3)40(22-27(39)2)52-53-41-25-43(60-5)42(23-29(41)4)54-50-38-18-10-30-24-33(13-17-35(30)45(38)56)55-61-34-15-11-31(46)12-16-34/h6-25,55-56H,46H2,1-5H3,(H,57,58,59). The Labute approximate surface area is 357 Å². The summed E-state index contributed by atoms with van der Waals surface area (Å²) in [4.78, 5) is 5.30. The van der Waals surface area contributed by atoms with Gasteiger partial charge in [0, 0.05) is 17.1 Å². The molecule has 62 heavy (non-hydrogen) atoms. The first-order valence-corrected chi connectivity index (χ1v) is 20.4. The molecule has 0 aliphatic rings. The molecule has 17 heteroatoms. The molecule has 312 valence electrons. The lowest BCUT2D eigenvalue weighted by atomic mass is 10.1. The summed E-state index contributed by atoms with van der Waals surface area (Å²) >= 11 is 0. The van der Waals surface area contributed by atoms with Gasteiger partial charge in [-0.2, -0.15) is 34.0 Å². The first-order valence-electron chi connectivity index (χ1n) is 18.9. The van der Waals surface area contributed by atoms with Crippen molar-refractivity contribution in [1.29, 1.82) is 0 Å². The Morgan fingerprint density at radius 1 is 0.565 bits per heavy atom. The van der Waals surface area contributed by atoms with Crippen LogP contribution in [0.2, 0.25) is 0 Å². The largest absolute Gasteiger partial charge is 0.505 e. The number of rotatable bonds is 13. The molecule has 7 rings (SSSR count). The lowest BCUT2D eigenvalue weighted by Crippen LogP contribution is -2.04. The maximum Gasteiger partial charge on any atom is 0.296 e. The molecule has 0 heterocycles. The number of phenolic OH excluding ortho intramolecular Hbond substituents is 1. The summed E-state index contributed by atoms with van der Waals surface area (Å²) in [6, 6.07) is 34.2. The average molecular weight is 849 g/mol. The zero-order valence-corrected chi connectivity index (χ0v) is 35.0. The van der Waals surface area contributed by atoms with Gasteiger partial charge < -0.3 is 20.4 Å². The number of ether oxygens (including phenoxy) is 1. The predicted molar refractivity (Wildman–Crippen MR) is 239 cm³/mol. The molecule has 0 amide bonds. The van der Waals surface area contributed by atoms with Crippen LogP contribution in [0.3, 0.4) is 0 Å². The molecule has 7 aromatic carbocycles. The maximum absolute atomic E-state index is 11.7. The highest BCUT2D eigenvalue weighted by atomic mass is 32.2. The lowest BCUT2D eigenvalue weighted by molar-refractivity contribution is 0.405. The van der Waals surface area contributed by atoms with Crippen LogP contribution in [0.1, 0.15) is 22.3 Å². The number of aryl methyl sites for hydroxylation is 4. The van der Waals surface area contributed by atoms with Crippen molar-refractivity contribution in [1.82, 2.24) is 0 Å². The van der Waals surface area contributed by atoms with E-state index in [1.807, 2.05) is 52.0 Å². The summed E-state index contributed by atoms with van der Waals surface area (Å²) in [6.45, 7) is 7.51. The van der Waals surface area contributed by atoms with E-state index in [1.165, 1.54) is 25.3 Å². The number of methoxy groups -OCH3 is 1. The Hall–Kier alpha value is -7.89. The third-order valence-electron chi connectivity index (χ3n) is 9.54. The monoisotopic (exact) mass is 848 g/mol. The molecule has 16 nitrogen and oxygen atoms in total. The lowest BCUT2D eigenvalue weighted by Gasteiger charge is -2.10. The van der Waals surface area contributed by atoms with Crippen molar-refractivity contribution in [2.24, 2.45) is 40.9 Å². The predicted octanol–water partition coefficient (Wildman–Crippen LogP) is 13.7. The minimum absolute atomic E-state index is 0.0199. The Morgan fingerprint density at radius 2 is 1.13 bits per heavy atom. The number of fused-ring (bicyclic) bond motifs is 1. The molecule has 0 fully saturated rings. The number of aromatic hydroxyl groups is 1. The molecule has 0 saturated carbocycles. The van der Waals surface area contributed by atoms with Crippen molar-refractivity contribution in [2.75, 3.05) is 18.3 Å². The van der Waals surface area contributed by atoms with Crippen LogP contribution in [0.4, 0.5) is 56.9 Å². The summed E-state index contributed by atoms with van der Waals surface area (Å²) in [5, 5.41) is 47.4. The second-order valence-corrected chi connectivity index (χ2v) is 15.5. The molecule has 5 N–H and O–H groups in total. The smallest absolute Gasteiger partial charge is 0.296 e. The fourth-order valence-corrected chi connectivity index (χ4v) is 6.74. The molecule has 0 saturated heterocycles. The molecule has 0 spiro atoms. The number of hydrogen-bond acceptors (Lipinski definition) is 15. The van der Waals surface area contributed by atoms with Crippen LogP contribution in [0.15, 0.2) is 167 Å². The summed E-state index contributed by atoms with van der Waals surface area (Å²) in [6.07, 6.45) is 0. The van der Waals surface area contributed by atoms with Crippen LogP contribution < -0.4 is 20.8 Å². The van der Waals surface area contributed by atoms with Gasteiger partial charge >= 0.3 is 0 Å². The van der Waals surface area contributed by atoms with E-state index < -0.39 is 10.1 Å². The minimum Gasteiger partial charge on any atom is -0.505 e. The van der Waals surface area contributed by atoms with Crippen LogP contribution in [0, 0.1) is 27.7 Å². The molecular weight excluding hydrogens is 809 g/mol. The Kier molecular flexibility index (Phi) is 12.4. The van der Waals surface area contributed by atoms with Gasteiger partial charge in [0.1, 0.15) is 27.7 Å². The summed E-state index contributed by atoms with van der Waals surface area (Å²) in [5.74, 6) is 0.999. The first-order chi connectivity index (χ1) is 29.7. The van der Waals surface area contributed by atoms with Gasteiger partial charge in [0.25, 0.3) is 10.1 Å². The van der Waals surface area contributed by atoms with Crippen LogP contribution >= 0.6 is 0 Å². The normalized spacial score (nSPS) is 12.0. The molecule has 0 aliphatic heterocycles. The highest BCUT2D eigenvalue weighted by Gasteiger charge is 2.15. The van der Waals surface area contributed by atoms with E-state index >= 15 is 0 Å². The fraction of sp³-hybridized carbons (Fsp3) is 0.111. The second kappa shape index (κ2) is 18.2. The van der Waals surface area contributed by atoms with Gasteiger partial charge in [-0.1, -0.05) is 18.2 Å². The fourth-order valence-electron chi connectivity index (χ4n) is 6.12. The van der Waals surface area contributed by atoms with E-state index in [4.69, 9.17) is 15.3 Å². The van der Waals surface area contributed by atoms with E-state index in [1.54, 1.807) is 78.9 Å². The summed E-state index contributed by atoms with van der Waals surface area (Å²) in [7, 11) is -2.93. The van der Waals surface area contributed by atoms with Crippen molar-refractivity contribution in [3.63, 3.8) is 0 Å². The Bertz CT molecular complexity index is 3060. The molecular formula is C45H40N10O6S. The van der Waals surface area contributed by atoms with Crippen LogP contribution in [-0.4, -0.2) is 25.2 Å². The van der Waals surface area contributed by atoms with E-state index in [0.29, 0.717) is 62.4 Å². The number of nitrogen functional groups attached to an aromatic ring is 1. The van der Waals surface area contributed by atoms with Crippen LogP contribution in [-0.2, 0) is 10.1 Å². The van der Waals surface area contributed by atoms with Gasteiger partial charge in [0.15, 0.2) is 11.5 Å². The number of phenols is 1. The van der Waals surface area contributed by atoms with E-state index in [0.717, 1.165) is 27.6 Å².